The van der Waals surface area contributed by atoms with Crippen molar-refractivity contribution in [3.8, 4) is 0 Å². The first-order valence-electron chi connectivity index (χ1n) is 11.0. The number of hydrogen-bond donors (Lipinski definition) is 1. The smallest absolute Gasteiger partial charge is 0.139 e. The number of benzene rings is 3. The van der Waals surface area contributed by atoms with E-state index >= 15 is 0 Å². The van der Waals surface area contributed by atoms with Crippen molar-refractivity contribution in [3.63, 3.8) is 0 Å². The van der Waals surface area contributed by atoms with Crippen molar-refractivity contribution < 1.29 is 4.90 Å². The molecule has 3 nitrogen and oxygen atoms in total. The van der Waals surface area contributed by atoms with Gasteiger partial charge in [0.15, 0.2) is 0 Å². The zero-order valence-corrected chi connectivity index (χ0v) is 18.0. The van der Waals surface area contributed by atoms with Gasteiger partial charge in [0.25, 0.3) is 0 Å². The van der Waals surface area contributed by atoms with Crippen molar-refractivity contribution in [1.29, 1.82) is 0 Å². The summed E-state index contributed by atoms with van der Waals surface area (Å²) in [6, 6.07) is 31.0. The Morgan fingerprint density at radius 1 is 0.733 bits per heavy atom. The molecule has 0 radical (unpaired) electrons. The largest absolute Gasteiger partial charge is 0.322 e. The lowest BCUT2D eigenvalue weighted by atomic mass is 9.96. The van der Waals surface area contributed by atoms with Gasteiger partial charge in [0.2, 0.25) is 0 Å². The molecule has 1 aliphatic rings. The quantitative estimate of drug-likeness (QED) is 0.619. The first kappa shape index (κ1) is 20.4. The molecule has 0 aliphatic carbocycles. The number of rotatable bonds is 6. The molecule has 154 valence electrons. The molecule has 0 saturated carbocycles. The summed E-state index contributed by atoms with van der Waals surface area (Å²) in [5, 5.41) is 6.98. The summed E-state index contributed by atoms with van der Waals surface area (Å²) in [5.74, 6) is 0.564. The number of nitrogens with one attached hydrogen (secondary N) is 1. The van der Waals surface area contributed by atoms with Crippen molar-refractivity contribution in [1.82, 2.24) is 5.01 Å². The number of quaternary nitrogens is 1. The van der Waals surface area contributed by atoms with Gasteiger partial charge in [0, 0.05) is 11.1 Å². The lowest BCUT2D eigenvalue weighted by Gasteiger charge is -2.36. The van der Waals surface area contributed by atoms with Crippen LogP contribution in [0.2, 0.25) is 0 Å². The maximum atomic E-state index is 4.76. The molecule has 3 heteroatoms. The Balaban J connectivity index is 1.42. The number of hydrazone groups is 1. The van der Waals surface area contributed by atoms with Gasteiger partial charge >= 0.3 is 0 Å². The highest BCUT2D eigenvalue weighted by molar-refractivity contribution is 5.79. The van der Waals surface area contributed by atoms with Crippen molar-refractivity contribution in [2.24, 2.45) is 5.10 Å². The van der Waals surface area contributed by atoms with Crippen LogP contribution in [-0.2, 0) is 0 Å². The second-order valence-corrected chi connectivity index (χ2v) is 8.43. The third kappa shape index (κ3) is 4.98. The fraction of sp³-hybridized carbons (Fsp3) is 0.296. The van der Waals surface area contributed by atoms with Crippen LogP contribution >= 0.6 is 0 Å². The summed E-state index contributed by atoms with van der Waals surface area (Å²) < 4.78 is 0. The predicted octanol–water partition coefficient (Wildman–Crippen LogP) is 4.13. The SMILES string of the molecule is CC(C)c1ccc(/C=N\N2CC[NH+](C(c3ccccc3)c3ccccc3)CC2)cc1. The second-order valence-electron chi connectivity index (χ2n) is 8.43. The van der Waals surface area contributed by atoms with Gasteiger partial charge in [-0.1, -0.05) is 98.8 Å². The van der Waals surface area contributed by atoms with Gasteiger partial charge in [-0.25, -0.2) is 0 Å². The van der Waals surface area contributed by atoms with Crippen molar-refractivity contribution in [2.45, 2.75) is 25.8 Å². The molecular formula is C27H32N3+. The normalized spacial score (nSPS) is 15.4. The van der Waals surface area contributed by atoms with E-state index in [2.05, 4.69) is 104 Å². The van der Waals surface area contributed by atoms with Gasteiger partial charge in [-0.2, -0.15) is 5.10 Å². The zero-order valence-electron chi connectivity index (χ0n) is 18.0. The Morgan fingerprint density at radius 3 is 1.77 bits per heavy atom. The summed E-state index contributed by atoms with van der Waals surface area (Å²) in [5.41, 5.74) is 5.32. The van der Waals surface area contributed by atoms with E-state index in [0.717, 1.165) is 26.2 Å². The Hall–Kier alpha value is -2.91. The number of hydrogen-bond acceptors (Lipinski definition) is 2. The van der Waals surface area contributed by atoms with E-state index in [0.29, 0.717) is 12.0 Å². The van der Waals surface area contributed by atoms with Gasteiger partial charge in [0.1, 0.15) is 6.04 Å². The monoisotopic (exact) mass is 398 g/mol. The van der Waals surface area contributed by atoms with E-state index in [9.17, 15) is 0 Å². The molecule has 4 rings (SSSR count). The van der Waals surface area contributed by atoms with Gasteiger partial charge in [-0.15, -0.1) is 0 Å². The van der Waals surface area contributed by atoms with E-state index in [1.165, 1.54) is 22.3 Å². The van der Waals surface area contributed by atoms with E-state index in [1.54, 1.807) is 4.90 Å². The van der Waals surface area contributed by atoms with Crippen molar-refractivity contribution in [2.75, 3.05) is 26.2 Å². The molecule has 1 saturated heterocycles. The highest BCUT2D eigenvalue weighted by Gasteiger charge is 2.29. The summed E-state index contributed by atoms with van der Waals surface area (Å²) in [7, 11) is 0. The van der Waals surface area contributed by atoms with Crippen LogP contribution in [0.4, 0.5) is 0 Å². The number of piperazine rings is 1. The minimum atomic E-state index is 0.377. The van der Waals surface area contributed by atoms with Gasteiger partial charge in [0.05, 0.1) is 32.4 Å². The van der Waals surface area contributed by atoms with Crippen molar-refractivity contribution in [3.05, 3.63) is 107 Å². The topological polar surface area (TPSA) is 20.0 Å². The van der Waals surface area contributed by atoms with Gasteiger partial charge in [-0.05, 0) is 17.0 Å². The molecule has 3 aromatic rings. The van der Waals surface area contributed by atoms with Crippen LogP contribution < -0.4 is 4.90 Å². The molecule has 0 spiro atoms. The summed E-state index contributed by atoms with van der Waals surface area (Å²) in [6.07, 6.45) is 2.00. The highest BCUT2D eigenvalue weighted by Crippen LogP contribution is 2.19. The Labute approximate surface area is 180 Å². The van der Waals surface area contributed by atoms with E-state index in [1.807, 2.05) is 6.21 Å². The van der Waals surface area contributed by atoms with Gasteiger partial charge < -0.3 is 4.90 Å². The third-order valence-corrected chi connectivity index (χ3v) is 6.03. The van der Waals surface area contributed by atoms with Gasteiger partial charge in [-0.3, -0.25) is 5.01 Å². The highest BCUT2D eigenvalue weighted by atomic mass is 15.5. The molecule has 0 amide bonds. The summed E-state index contributed by atoms with van der Waals surface area (Å²) in [4.78, 5) is 1.61. The second kappa shape index (κ2) is 9.73. The van der Waals surface area contributed by atoms with Crippen LogP contribution in [0.15, 0.2) is 90.0 Å². The molecule has 1 N–H and O–H groups in total. The summed E-state index contributed by atoms with van der Waals surface area (Å²) >= 11 is 0. The van der Waals surface area contributed by atoms with Crippen LogP contribution in [0.3, 0.4) is 0 Å². The molecule has 1 aliphatic heterocycles. The molecule has 3 aromatic carbocycles. The average Bonchev–Trinajstić information content (AvgIpc) is 2.80. The van der Waals surface area contributed by atoms with Crippen LogP contribution in [0.5, 0.6) is 0 Å². The Kier molecular flexibility index (Phi) is 6.60. The van der Waals surface area contributed by atoms with Crippen LogP contribution in [-0.4, -0.2) is 37.4 Å². The average molecular weight is 399 g/mol. The summed E-state index contributed by atoms with van der Waals surface area (Å²) in [6.45, 7) is 8.57. The van der Waals surface area contributed by atoms with Crippen LogP contribution in [0, 0.1) is 0 Å². The molecule has 0 atom stereocenters. The van der Waals surface area contributed by atoms with Crippen LogP contribution in [0.25, 0.3) is 0 Å². The molecule has 1 fully saturated rings. The lowest BCUT2D eigenvalue weighted by Crippen LogP contribution is -3.15. The molecule has 0 aromatic heterocycles. The fourth-order valence-electron chi connectivity index (χ4n) is 4.26. The standard InChI is InChI=1S/C27H31N3/c1-22(2)24-15-13-23(14-16-24)21-28-30-19-17-29(18-20-30)27(25-9-5-3-6-10-25)26-11-7-4-8-12-26/h3-16,21-22,27H,17-20H2,1-2H3/p+1/b28-21-. The van der Waals surface area contributed by atoms with E-state index in [-0.39, 0.29) is 0 Å². The molecule has 1 heterocycles. The minimum Gasteiger partial charge on any atom is -0.322 e. The Bertz CT molecular complexity index is 885. The number of nitrogens with zero attached hydrogens (tertiary/aromatic N) is 2. The first-order valence-corrected chi connectivity index (χ1v) is 11.0. The predicted molar refractivity (Wildman–Crippen MR) is 125 cm³/mol. The maximum Gasteiger partial charge on any atom is 0.139 e. The van der Waals surface area contributed by atoms with Crippen molar-refractivity contribution >= 4 is 6.21 Å². The van der Waals surface area contributed by atoms with E-state index in [4.69, 9.17) is 5.10 Å². The first-order chi connectivity index (χ1) is 14.7. The minimum absolute atomic E-state index is 0.377. The van der Waals surface area contributed by atoms with E-state index < -0.39 is 0 Å². The van der Waals surface area contributed by atoms with Crippen LogP contribution in [0.1, 0.15) is 48.1 Å². The maximum absolute atomic E-state index is 4.76. The third-order valence-electron chi connectivity index (χ3n) is 6.03. The molecule has 30 heavy (non-hydrogen) atoms. The lowest BCUT2D eigenvalue weighted by molar-refractivity contribution is -0.929. The molecular weight excluding hydrogens is 366 g/mol. The zero-order chi connectivity index (χ0) is 20.8. The Morgan fingerprint density at radius 2 is 1.27 bits per heavy atom. The molecule has 0 bridgehead atoms. The molecule has 0 unspecified atom stereocenters. The fourth-order valence-corrected chi connectivity index (χ4v) is 4.26.